The Morgan fingerprint density at radius 1 is 1.20 bits per heavy atom. The maximum absolute atomic E-state index is 13.1. The van der Waals surface area contributed by atoms with E-state index >= 15 is 0 Å². The molecule has 0 bridgehead atoms. The number of nitrogens with one attached hydrogen (secondary N) is 2. The number of piperidine rings is 1. The van der Waals surface area contributed by atoms with Crippen LogP contribution in [0.4, 0.5) is 4.39 Å². The summed E-state index contributed by atoms with van der Waals surface area (Å²) in [7, 11) is 6.14. The molecule has 6 nitrogen and oxygen atoms in total. The molecule has 30 heavy (non-hydrogen) atoms. The Hall–Kier alpha value is -0.970. The number of aliphatic imine (C=N–C) groups is 1. The molecule has 0 aromatic heterocycles. The molecular weight excluding hydrogens is 496 g/mol. The second kappa shape index (κ2) is 12.2. The van der Waals surface area contributed by atoms with Gasteiger partial charge in [0.05, 0.1) is 0 Å². The number of rotatable bonds is 6. The molecule has 2 fully saturated rings. The summed E-state index contributed by atoms with van der Waals surface area (Å²) < 4.78 is 18.6. The fraction of sp³-hybridized carbons (Fsp3) is 0.682. The lowest BCUT2D eigenvalue weighted by Crippen LogP contribution is -2.58. The normalized spacial score (nSPS) is 20.6. The molecule has 2 aliphatic heterocycles. The zero-order chi connectivity index (χ0) is 20.7. The van der Waals surface area contributed by atoms with Gasteiger partial charge in [0.1, 0.15) is 5.82 Å². The average molecular weight is 533 g/mol. The highest BCUT2D eigenvalue weighted by molar-refractivity contribution is 14.0. The molecule has 0 spiro atoms. The van der Waals surface area contributed by atoms with Crippen LogP contribution in [0.1, 0.15) is 31.2 Å². The van der Waals surface area contributed by atoms with Crippen LogP contribution in [0.5, 0.6) is 0 Å². The van der Waals surface area contributed by atoms with Crippen LogP contribution in [-0.2, 0) is 11.3 Å². The molecule has 0 aliphatic carbocycles. The first-order chi connectivity index (χ1) is 14.0. The van der Waals surface area contributed by atoms with Crippen molar-refractivity contribution < 1.29 is 9.13 Å². The van der Waals surface area contributed by atoms with E-state index in [-0.39, 0.29) is 35.3 Å². The van der Waals surface area contributed by atoms with Crippen LogP contribution in [-0.4, -0.2) is 81.3 Å². The summed E-state index contributed by atoms with van der Waals surface area (Å²) in [6, 6.07) is 7.26. The summed E-state index contributed by atoms with van der Waals surface area (Å²) in [4.78, 5) is 9.21. The summed E-state index contributed by atoms with van der Waals surface area (Å²) in [6.07, 6.45) is 4.22. The summed E-state index contributed by atoms with van der Waals surface area (Å²) in [5.41, 5.74) is 1.29. The quantitative estimate of drug-likeness (QED) is 0.335. The fourth-order valence-electron chi connectivity index (χ4n) is 4.25. The van der Waals surface area contributed by atoms with Crippen molar-refractivity contribution in [1.82, 2.24) is 20.4 Å². The van der Waals surface area contributed by atoms with Crippen molar-refractivity contribution in [3.8, 4) is 0 Å². The fourth-order valence-corrected chi connectivity index (χ4v) is 4.25. The van der Waals surface area contributed by atoms with Crippen LogP contribution in [0.15, 0.2) is 29.3 Å². The monoisotopic (exact) mass is 533 g/mol. The van der Waals surface area contributed by atoms with Crippen molar-refractivity contribution in [3.05, 3.63) is 35.6 Å². The molecule has 170 valence electrons. The van der Waals surface area contributed by atoms with E-state index < -0.39 is 0 Å². The summed E-state index contributed by atoms with van der Waals surface area (Å²) in [5.74, 6) is 0.710. The van der Waals surface area contributed by atoms with E-state index in [0.29, 0.717) is 6.04 Å². The van der Waals surface area contributed by atoms with E-state index in [1.165, 1.54) is 17.7 Å². The Labute approximate surface area is 197 Å². The topological polar surface area (TPSA) is 52.1 Å². The lowest BCUT2D eigenvalue weighted by Gasteiger charge is -2.43. The van der Waals surface area contributed by atoms with Crippen LogP contribution in [0.2, 0.25) is 0 Å². The number of nitrogens with zero attached hydrogens (tertiary/aromatic N) is 3. The second-order valence-electron chi connectivity index (χ2n) is 8.48. The van der Waals surface area contributed by atoms with Crippen molar-refractivity contribution in [3.63, 3.8) is 0 Å². The Kier molecular flexibility index (Phi) is 10.3. The molecule has 2 saturated heterocycles. The summed E-state index contributed by atoms with van der Waals surface area (Å²) in [6.45, 7) is 5.45. The molecule has 3 rings (SSSR count). The Morgan fingerprint density at radius 3 is 2.40 bits per heavy atom. The lowest BCUT2D eigenvalue weighted by molar-refractivity contribution is -0.00504. The smallest absolute Gasteiger partial charge is 0.191 e. The number of hydrogen-bond acceptors (Lipinski definition) is 4. The van der Waals surface area contributed by atoms with E-state index in [4.69, 9.17) is 4.74 Å². The minimum absolute atomic E-state index is 0. The first-order valence-corrected chi connectivity index (χ1v) is 10.7. The molecular formula is C22H37FIN5O. The van der Waals surface area contributed by atoms with Crippen molar-refractivity contribution in [2.45, 2.75) is 43.8 Å². The highest BCUT2D eigenvalue weighted by Gasteiger charge is 2.35. The number of benzene rings is 1. The van der Waals surface area contributed by atoms with E-state index in [9.17, 15) is 4.39 Å². The van der Waals surface area contributed by atoms with E-state index in [1.807, 2.05) is 19.2 Å². The molecule has 0 unspecified atom stereocenters. The van der Waals surface area contributed by atoms with Gasteiger partial charge in [0, 0.05) is 58.0 Å². The molecule has 1 aromatic carbocycles. The number of hydrogen-bond donors (Lipinski definition) is 2. The van der Waals surface area contributed by atoms with Gasteiger partial charge < -0.3 is 20.3 Å². The second-order valence-corrected chi connectivity index (χ2v) is 8.48. The van der Waals surface area contributed by atoms with Crippen LogP contribution >= 0.6 is 24.0 Å². The van der Waals surface area contributed by atoms with Crippen molar-refractivity contribution >= 4 is 29.9 Å². The lowest BCUT2D eigenvalue weighted by atomic mass is 9.88. The molecule has 8 heteroatoms. The number of ether oxygens (including phenoxy) is 1. The van der Waals surface area contributed by atoms with E-state index in [1.54, 1.807) is 0 Å². The van der Waals surface area contributed by atoms with E-state index in [0.717, 1.165) is 71.0 Å². The maximum Gasteiger partial charge on any atom is 0.191 e. The van der Waals surface area contributed by atoms with Crippen LogP contribution in [0, 0.1) is 5.82 Å². The van der Waals surface area contributed by atoms with Gasteiger partial charge in [0.2, 0.25) is 0 Å². The maximum atomic E-state index is 13.1. The molecule has 1 aromatic rings. The van der Waals surface area contributed by atoms with Gasteiger partial charge in [0.15, 0.2) is 5.96 Å². The van der Waals surface area contributed by atoms with Gasteiger partial charge in [-0.1, -0.05) is 12.1 Å². The van der Waals surface area contributed by atoms with Gasteiger partial charge >= 0.3 is 0 Å². The van der Waals surface area contributed by atoms with Gasteiger partial charge in [-0.05, 0) is 57.5 Å². The van der Waals surface area contributed by atoms with Gasteiger partial charge in [-0.2, -0.15) is 0 Å². The molecule has 0 radical (unpaired) electrons. The SMILES string of the molecule is CN=C(NCC1(N(C)C)CCOCC1)NC1CCN(Cc2ccc(F)cc2)CC1.I. The van der Waals surface area contributed by atoms with Crippen molar-refractivity contribution in [1.29, 1.82) is 0 Å². The predicted octanol–water partition coefficient (Wildman–Crippen LogP) is 2.68. The Balaban J connectivity index is 0.00000320. The predicted molar refractivity (Wildman–Crippen MR) is 131 cm³/mol. The van der Waals surface area contributed by atoms with Crippen LogP contribution in [0.3, 0.4) is 0 Å². The third-order valence-electron chi connectivity index (χ3n) is 6.43. The largest absolute Gasteiger partial charge is 0.381 e. The van der Waals surface area contributed by atoms with Crippen LogP contribution in [0.25, 0.3) is 0 Å². The van der Waals surface area contributed by atoms with Gasteiger partial charge in [-0.15, -0.1) is 24.0 Å². The zero-order valence-electron chi connectivity index (χ0n) is 18.5. The van der Waals surface area contributed by atoms with Gasteiger partial charge in [0.25, 0.3) is 0 Å². The van der Waals surface area contributed by atoms with Gasteiger partial charge in [-0.25, -0.2) is 4.39 Å². The molecule has 2 aliphatic rings. The molecule has 0 saturated carbocycles. The van der Waals surface area contributed by atoms with Crippen molar-refractivity contribution in [2.75, 3.05) is 54.0 Å². The third-order valence-corrected chi connectivity index (χ3v) is 6.43. The third kappa shape index (κ3) is 7.03. The molecule has 2 heterocycles. The van der Waals surface area contributed by atoms with E-state index in [2.05, 4.69) is 39.5 Å². The number of guanidine groups is 1. The molecule has 0 atom stereocenters. The number of likely N-dealkylation sites (N-methyl/N-ethyl adjacent to an activating group) is 1. The molecule has 2 N–H and O–H groups in total. The summed E-state index contributed by atoms with van der Waals surface area (Å²) >= 11 is 0. The Bertz CT molecular complexity index is 656. The van der Waals surface area contributed by atoms with Crippen molar-refractivity contribution in [2.24, 2.45) is 4.99 Å². The standard InChI is InChI=1S/C22H36FN5O.HI/c1-24-21(25-17-22(27(2)3)10-14-29-15-11-22)26-20-8-12-28(13-9-20)16-18-4-6-19(23)7-5-18;/h4-7,20H,8-17H2,1-3H3,(H2,24,25,26);1H. The summed E-state index contributed by atoms with van der Waals surface area (Å²) in [5, 5.41) is 7.16. The number of likely N-dealkylation sites (tertiary alicyclic amines) is 1. The van der Waals surface area contributed by atoms with Gasteiger partial charge in [-0.3, -0.25) is 9.89 Å². The minimum Gasteiger partial charge on any atom is -0.381 e. The average Bonchev–Trinajstić information content (AvgIpc) is 2.74. The first-order valence-electron chi connectivity index (χ1n) is 10.7. The number of halogens is 2. The molecule has 0 amide bonds. The van der Waals surface area contributed by atoms with Crippen LogP contribution < -0.4 is 10.6 Å². The Morgan fingerprint density at radius 2 is 1.83 bits per heavy atom. The zero-order valence-corrected chi connectivity index (χ0v) is 20.8. The minimum atomic E-state index is -0.174. The highest BCUT2D eigenvalue weighted by atomic mass is 127. The first kappa shape index (κ1) is 25.3. The highest BCUT2D eigenvalue weighted by Crippen LogP contribution is 2.25.